The largest absolute Gasteiger partial charge is 0.456 e. The number of benzene rings is 7. The van der Waals surface area contributed by atoms with Crippen LogP contribution in [0.1, 0.15) is 0 Å². The summed E-state index contributed by atoms with van der Waals surface area (Å²) in [4.78, 5) is 15.3. The van der Waals surface area contributed by atoms with Gasteiger partial charge in [0.1, 0.15) is 11.2 Å². The first-order valence-corrected chi connectivity index (χ1v) is 16.7. The summed E-state index contributed by atoms with van der Waals surface area (Å²) >= 11 is 0. The van der Waals surface area contributed by atoms with Crippen LogP contribution in [0.5, 0.6) is 0 Å². The van der Waals surface area contributed by atoms with E-state index in [0.717, 1.165) is 71.6 Å². The van der Waals surface area contributed by atoms with Crippen molar-refractivity contribution >= 4 is 43.7 Å². The standard InChI is InChI=1S/C45H28N4O/c1-4-12-29(13-5-1)32-22-25-40-38(26-32)35-18-10-11-19-39(35)49(40)45-47-43(31-16-8-3-9-17-31)46-44(48-45)34-21-24-37-36-23-20-33(30-14-6-2-7-15-30)27-41(36)50-42(37)28-34/h1-28H. The van der Waals surface area contributed by atoms with Crippen LogP contribution in [0.2, 0.25) is 0 Å². The topological polar surface area (TPSA) is 56.7 Å². The van der Waals surface area contributed by atoms with Crippen LogP contribution in [0, 0.1) is 0 Å². The van der Waals surface area contributed by atoms with Crippen LogP contribution in [0.3, 0.4) is 0 Å². The first-order chi connectivity index (χ1) is 24.8. The summed E-state index contributed by atoms with van der Waals surface area (Å²) < 4.78 is 8.64. The van der Waals surface area contributed by atoms with E-state index in [1.165, 1.54) is 5.56 Å². The smallest absolute Gasteiger partial charge is 0.238 e. The second-order valence-corrected chi connectivity index (χ2v) is 12.5. The Kier molecular flexibility index (Phi) is 6.42. The van der Waals surface area contributed by atoms with E-state index in [-0.39, 0.29) is 0 Å². The Balaban J connectivity index is 1.16. The average molecular weight is 641 g/mol. The van der Waals surface area contributed by atoms with Crippen LogP contribution in [0.25, 0.3) is 94.7 Å². The summed E-state index contributed by atoms with van der Waals surface area (Å²) in [7, 11) is 0. The normalized spacial score (nSPS) is 11.6. The predicted molar refractivity (Wildman–Crippen MR) is 203 cm³/mol. The maximum atomic E-state index is 6.48. The lowest BCUT2D eigenvalue weighted by molar-refractivity contribution is 0.669. The van der Waals surface area contributed by atoms with Crippen molar-refractivity contribution in [2.45, 2.75) is 0 Å². The van der Waals surface area contributed by atoms with E-state index in [9.17, 15) is 0 Å². The fraction of sp³-hybridized carbons (Fsp3) is 0. The molecule has 10 rings (SSSR count). The summed E-state index contributed by atoms with van der Waals surface area (Å²) in [6.07, 6.45) is 0. The van der Waals surface area contributed by atoms with Crippen molar-refractivity contribution in [3.8, 4) is 51.0 Å². The van der Waals surface area contributed by atoms with E-state index in [1.807, 2.05) is 48.5 Å². The molecule has 0 aliphatic carbocycles. The van der Waals surface area contributed by atoms with Crippen molar-refractivity contribution in [3.05, 3.63) is 170 Å². The highest BCUT2D eigenvalue weighted by atomic mass is 16.3. The molecule has 0 spiro atoms. The highest BCUT2D eigenvalue weighted by Crippen LogP contribution is 2.37. The minimum absolute atomic E-state index is 0.560. The molecule has 5 nitrogen and oxygen atoms in total. The third kappa shape index (κ3) is 4.67. The van der Waals surface area contributed by atoms with Crippen molar-refractivity contribution in [1.82, 2.24) is 19.5 Å². The SMILES string of the molecule is c1ccc(-c2ccc3c(c2)oc2cc(-c4nc(-c5ccccc5)nc(-n5c6ccccc6c6cc(-c7ccccc7)ccc65)n4)ccc23)cc1. The van der Waals surface area contributed by atoms with Crippen molar-refractivity contribution in [1.29, 1.82) is 0 Å². The van der Waals surface area contributed by atoms with Gasteiger partial charge in [-0.05, 0) is 64.7 Å². The van der Waals surface area contributed by atoms with E-state index in [1.54, 1.807) is 0 Å². The molecule has 10 aromatic rings. The van der Waals surface area contributed by atoms with Crippen LogP contribution in [-0.2, 0) is 0 Å². The van der Waals surface area contributed by atoms with Gasteiger partial charge in [-0.15, -0.1) is 0 Å². The molecule has 0 N–H and O–H groups in total. The van der Waals surface area contributed by atoms with E-state index in [0.29, 0.717) is 17.6 Å². The van der Waals surface area contributed by atoms with Gasteiger partial charge in [0.25, 0.3) is 0 Å². The first-order valence-electron chi connectivity index (χ1n) is 16.7. The minimum Gasteiger partial charge on any atom is -0.456 e. The molecule has 0 fully saturated rings. The fourth-order valence-corrected chi connectivity index (χ4v) is 7.04. The zero-order chi connectivity index (χ0) is 33.0. The molecule has 0 aliphatic rings. The number of aromatic nitrogens is 4. The second-order valence-electron chi connectivity index (χ2n) is 12.5. The van der Waals surface area contributed by atoms with Gasteiger partial charge in [0.05, 0.1) is 11.0 Å². The van der Waals surface area contributed by atoms with Crippen molar-refractivity contribution in [3.63, 3.8) is 0 Å². The number of fused-ring (bicyclic) bond motifs is 6. The van der Waals surface area contributed by atoms with Gasteiger partial charge in [0.15, 0.2) is 11.6 Å². The Morgan fingerprint density at radius 3 is 1.52 bits per heavy atom. The summed E-state index contributed by atoms with van der Waals surface area (Å²) in [6.45, 7) is 0. The maximum absolute atomic E-state index is 6.48. The number of furan rings is 1. The number of para-hydroxylation sites is 1. The van der Waals surface area contributed by atoms with Crippen LogP contribution < -0.4 is 0 Å². The number of nitrogens with zero attached hydrogens (tertiary/aromatic N) is 4. The van der Waals surface area contributed by atoms with Gasteiger partial charge in [-0.2, -0.15) is 9.97 Å². The lowest BCUT2D eigenvalue weighted by atomic mass is 10.0. The molecule has 0 saturated carbocycles. The third-order valence-corrected chi connectivity index (χ3v) is 9.47. The van der Waals surface area contributed by atoms with Crippen molar-refractivity contribution < 1.29 is 4.42 Å². The zero-order valence-electron chi connectivity index (χ0n) is 26.9. The van der Waals surface area contributed by atoms with Gasteiger partial charge in [0, 0.05) is 32.7 Å². The number of rotatable bonds is 5. The molecular weight excluding hydrogens is 613 g/mol. The predicted octanol–water partition coefficient (Wildman–Crippen LogP) is 11.5. The van der Waals surface area contributed by atoms with Crippen molar-refractivity contribution in [2.24, 2.45) is 0 Å². The van der Waals surface area contributed by atoms with Gasteiger partial charge in [0.2, 0.25) is 5.95 Å². The van der Waals surface area contributed by atoms with E-state index in [2.05, 4.69) is 126 Å². The summed E-state index contributed by atoms with van der Waals surface area (Å²) in [5.41, 5.74) is 10.1. The van der Waals surface area contributed by atoms with E-state index >= 15 is 0 Å². The molecule has 5 heteroatoms. The van der Waals surface area contributed by atoms with E-state index < -0.39 is 0 Å². The second kappa shape index (κ2) is 11.4. The van der Waals surface area contributed by atoms with Gasteiger partial charge in [-0.3, -0.25) is 4.57 Å². The van der Waals surface area contributed by atoms with Gasteiger partial charge < -0.3 is 4.42 Å². The van der Waals surface area contributed by atoms with Crippen LogP contribution in [-0.4, -0.2) is 19.5 Å². The molecule has 0 saturated heterocycles. The highest BCUT2D eigenvalue weighted by molar-refractivity contribution is 6.10. The van der Waals surface area contributed by atoms with Gasteiger partial charge in [-0.1, -0.05) is 127 Å². The Labute approximate surface area is 287 Å². The van der Waals surface area contributed by atoms with Gasteiger partial charge >= 0.3 is 0 Å². The lowest BCUT2D eigenvalue weighted by Crippen LogP contribution is -2.06. The number of hydrogen-bond donors (Lipinski definition) is 0. The lowest BCUT2D eigenvalue weighted by Gasteiger charge is -2.11. The molecule has 0 amide bonds. The minimum atomic E-state index is 0.560. The van der Waals surface area contributed by atoms with Crippen LogP contribution >= 0.6 is 0 Å². The summed E-state index contributed by atoms with van der Waals surface area (Å²) in [5.74, 6) is 1.74. The molecule has 50 heavy (non-hydrogen) atoms. The Hall–Kier alpha value is -6.85. The molecule has 7 aromatic carbocycles. The van der Waals surface area contributed by atoms with E-state index in [4.69, 9.17) is 19.4 Å². The number of hydrogen-bond acceptors (Lipinski definition) is 4. The average Bonchev–Trinajstić information content (AvgIpc) is 3.73. The first kappa shape index (κ1) is 28.2. The molecule has 0 radical (unpaired) electrons. The molecule has 0 bridgehead atoms. The molecule has 3 heterocycles. The highest BCUT2D eigenvalue weighted by Gasteiger charge is 2.19. The summed E-state index contributed by atoms with van der Waals surface area (Å²) in [5, 5.41) is 4.41. The quantitative estimate of drug-likeness (QED) is 0.188. The molecule has 234 valence electrons. The summed E-state index contributed by atoms with van der Waals surface area (Å²) in [6, 6.07) is 58.6. The Morgan fingerprint density at radius 1 is 0.340 bits per heavy atom. The molecule has 0 aliphatic heterocycles. The maximum Gasteiger partial charge on any atom is 0.238 e. The van der Waals surface area contributed by atoms with Crippen molar-refractivity contribution in [2.75, 3.05) is 0 Å². The molecule has 3 aromatic heterocycles. The molecular formula is C45H28N4O. The monoisotopic (exact) mass is 640 g/mol. The molecule has 0 unspecified atom stereocenters. The Bertz CT molecular complexity index is 2860. The molecule has 0 atom stereocenters. The van der Waals surface area contributed by atoms with Crippen LogP contribution in [0.4, 0.5) is 0 Å². The third-order valence-electron chi connectivity index (χ3n) is 9.47. The zero-order valence-corrected chi connectivity index (χ0v) is 26.9. The van der Waals surface area contributed by atoms with Crippen LogP contribution in [0.15, 0.2) is 174 Å². The fourth-order valence-electron chi connectivity index (χ4n) is 7.04. The Morgan fingerprint density at radius 2 is 0.840 bits per heavy atom. The van der Waals surface area contributed by atoms with Gasteiger partial charge in [-0.25, -0.2) is 4.98 Å².